The summed E-state index contributed by atoms with van der Waals surface area (Å²) in [6, 6.07) is 10.9. The van der Waals surface area contributed by atoms with E-state index in [0.29, 0.717) is 18.3 Å². The second kappa shape index (κ2) is 11.8. The molecule has 2 aromatic carbocycles. The van der Waals surface area contributed by atoms with E-state index in [1.165, 1.54) is 12.1 Å². The fourth-order valence-electron chi connectivity index (χ4n) is 3.15. The molecule has 0 radical (unpaired) electrons. The van der Waals surface area contributed by atoms with Crippen molar-refractivity contribution in [2.75, 3.05) is 0 Å². The van der Waals surface area contributed by atoms with Crippen molar-refractivity contribution in [1.82, 2.24) is 0 Å². The molecule has 5 heteroatoms. The molecule has 0 N–H and O–H groups in total. The average molecular weight is 408 g/mol. The fraction of sp³-hybridized carbons (Fsp3) is 0.360. The number of ether oxygens (including phenoxy) is 1. The van der Waals surface area contributed by atoms with Crippen LogP contribution in [0.1, 0.15) is 95.4 Å². The van der Waals surface area contributed by atoms with Gasteiger partial charge in [0.05, 0.1) is 5.56 Å². The summed E-state index contributed by atoms with van der Waals surface area (Å²) in [4.78, 5) is 48.9. The van der Waals surface area contributed by atoms with Crippen molar-refractivity contribution in [3.05, 3.63) is 64.7 Å². The van der Waals surface area contributed by atoms with Crippen molar-refractivity contribution in [2.24, 2.45) is 0 Å². The Bertz CT molecular complexity index is 914. The van der Waals surface area contributed by atoms with E-state index in [-0.39, 0.29) is 34.6 Å². The summed E-state index contributed by atoms with van der Waals surface area (Å²) in [6.07, 6.45) is 6.33. The van der Waals surface area contributed by atoms with Crippen molar-refractivity contribution in [3.63, 3.8) is 0 Å². The van der Waals surface area contributed by atoms with E-state index >= 15 is 0 Å². The maximum absolute atomic E-state index is 13.2. The van der Waals surface area contributed by atoms with Gasteiger partial charge in [-0.15, -0.1) is 0 Å². The lowest BCUT2D eigenvalue weighted by molar-refractivity contribution is -0.134. The molecule has 0 aromatic heterocycles. The number of esters is 1. The lowest BCUT2D eigenvalue weighted by Gasteiger charge is -2.12. The third kappa shape index (κ3) is 6.21. The third-order valence-corrected chi connectivity index (χ3v) is 4.90. The lowest BCUT2D eigenvalue weighted by atomic mass is 9.95. The second-order valence-corrected chi connectivity index (χ2v) is 7.16. The molecule has 2 aromatic rings. The minimum Gasteiger partial charge on any atom is -0.426 e. The molecule has 0 aliphatic rings. The Labute approximate surface area is 177 Å². The first-order valence-electron chi connectivity index (χ1n) is 10.5. The van der Waals surface area contributed by atoms with E-state index in [1.807, 2.05) is 0 Å². The minimum atomic E-state index is -0.484. The van der Waals surface area contributed by atoms with Crippen molar-refractivity contribution in [2.45, 2.75) is 58.8 Å². The first-order valence-corrected chi connectivity index (χ1v) is 10.5. The molecule has 0 spiro atoms. The smallest absolute Gasteiger partial charge is 0.310 e. The van der Waals surface area contributed by atoms with E-state index in [1.54, 1.807) is 37.3 Å². The predicted octanol–water partition coefficient (Wildman–Crippen LogP) is 5.59. The van der Waals surface area contributed by atoms with Crippen LogP contribution in [-0.4, -0.2) is 23.8 Å². The minimum absolute atomic E-state index is 0.0578. The van der Waals surface area contributed by atoms with E-state index < -0.39 is 11.8 Å². The van der Waals surface area contributed by atoms with Gasteiger partial charge in [0.25, 0.3) is 0 Å². The molecular weight excluding hydrogens is 380 g/mol. The largest absolute Gasteiger partial charge is 0.426 e. The zero-order chi connectivity index (χ0) is 21.9. The molecule has 158 valence electrons. The van der Waals surface area contributed by atoms with Crippen LogP contribution in [0.4, 0.5) is 0 Å². The Hall–Kier alpha value is -3.08. The van der Waals surface area contributed by atoms with Crippen LogP contribution in [0.3, 0.4) is 0 Å². The number of hydrogen-bond donors (Lipinski definition) is 0. The number of carbonyl (C=O) groups is 4. The first kappa shape index (κ1) is 23.2. The number of unbranched alkanes of at least 4 members (excludes halogenated alkanes) is 4. The number of carbonyl (C=O) groups excluding carboxylic acids is 4. The monoisotopic (exact) mass is 408 g/mol. The van der Waals surface area contributed by atoms with Crippen molar-refractivity contribution >= 4 is 23.8 Å². The van der Waals surface area contributed by atoms with Gasteiger partial charge in [-0.1, -0.05) is 63.8 Å². The van der Waals surface area contributed by atoms with Crippen LogP contribution >= 0.6 is 0 Å². The summed E-state index contributed by atoms with van der Waals surface area (Å²) < 4.78 is 5.31. The van der Waals surface area contributed by atoms with Crippen LogP contribution in [0.15, 0.2) is 42.5 Å². The number of Topliss-reactive ketones (excluding diaryl/α,β-unsaturated/α-hetero) is 1. The molecule has 0 fully saturated rings. The molecule has 0 aliphatic carbocycles. The van der Waals surface area contributed by atoms with Gasteiger partial charge in [-0.05, 0) is 24.6 Å². The number of aldehydes is 1. The lowest BCUT2D eigenvalue weighted by Crippen LogP contribution is -2.13. The average Bonchev–Trinajstić information content (AvgIpc) is 2.78. The standard InChI is InChI=1S/C25H28O5/c1-3-5-6-7-8-13-22(27)18-14-15-23(30-24(28)4-2)21(16-18)25(29)20-12-10-9-11-19(20)17-26/h9-12,14-17H,3-8,13H2,1-2H3. The molecule has 0 bridgehead atoms. The van der Waals surface area contributed by atoms with Crippen LogP contribution in [-0.2, 0) is 4.79 Å². The van der Waals surface area contributed by atoms with Crippen molar-refractivity contribution in [1.29, 1.82) is 0 Å². The zero-order valence-corrected chi connectivity index (χ0v) is 17.6. The van der Waals surface area contributed by atoms with Gasteiger partial charge in [0.15, 0.2) is 17.9 Å². The van der Waals surface area contributed by atoms with Gasteiger partial charge in [-0.3, -0.25) is 19.2 Å². The summed E-state index contributed by atoms with van der Waals surface area (Å²) in [6.45, 7) is 3.79. The summed E-state index contributed by atoms with van der Waals surface area (Å²) >= 11 is 0. The molecule has 0 heterocycles. The van der Waals surface area contributed by atoms with Gasteiger partial charge in [0.2, 0.25) is 0 Å². The Kier molecular flexibility index (Phi) is 9.13. The number of benzene rings is 2. The zero-order valence-electron chi connectivity index (χ0n) is 17.6. The molecule has 0 unspecified atom stereocenters. The topological polar surface area (TPSA) is 77.5 Å². The van der Waals surface area contributed by atoms with E-state index in [4.69, 9.17) is 4.74 Å². The van der Waals surface area contributed by atoms with Gasteiger partial charge in [0, 0.05) is 29.5 Å². The van der Waals surface area contributed by atoms with Crippen molar-refractivity contribution < 1.29 is 23.9 Å². The summed E-state index contributed by atoms with van der Waals surface area (Å²) in [5, 5.41) is 0. The SMILES string of the molecule is CCCCCCCC(=O)c1ccc(OC(=O)CC)c(C(=O)c2ccccc2C=O)c1. The third-order valence-electron chi connectivity index (χ3n) is 4.90. The summed E-state index contributed by atoms with van der Waals surface area (Å²) in [5.74, 6) is -0.915. The highest BCUT2D eigenvalue weighted by Gasteiger charge is 2.21. The molecule has 0 atom stereocenters. The maximum Gasteiger partial charge on any atom is 0.310 e. The summed E-state index contributed by atoms with van der Waals surface area (Å²) in [7, 11) is 0. The molecular formula is C25H28O5. The van der Waals surface area contributed by atoms with E-state index in [2.05, 4.69) is 6.92 Å². The Morgan fingerprint density at radius 1 is 0.900 bits per heavy atom. The summed E-state index contributed by atoms with van der Waals surface area (Å²) in [5.41, 5.74) is 0.935. The Balaban J connectivity index is 2.33. The molecule has 0 saturated heterocycles. The first-order chi connectivity index (χ1) is 14.5. The molecule has 2 rings (SSSR count). The number of ketones is 2. The van der Waals surface area contributed by atoms with Crippen LogP contribution in [0.5, 0.6) is 5.75 Å². The quantitative estimate of drug-likeness (QED) is 0.150. The normalized spacial score (nSPS) is 10.5. The maximum atomic E-state index is 13.2. The molecule has 5 nitrogen and oxygen atoms in total. The second-order valence-electron chi connectivity index (χ2n) is 7.16. The van der Waals surface area contributed by atoms with Crippen LogP contribution in [0, 0.1) is 0 Å². The molecule has 0 aliphatic heterocycles. The van der Waals surface area contributed by atoms with Crippen molar-refractivity contribution in [3.8, 4) is 5.75 Å². The number of hydrogen-bond acceptors (Lipinski definition) is 5. The highest BCUT2D eigenvalue weighted by Crippen LogP contribution is 2.26. The molecule has 0 amide bonds. The van der Waals surface area contributed by atoms with Crippen LogP contribution < -0.4 is 4.74 Å². The van der Waals surface area contributed by atoms with Gasteiger partial charge >= 0.3 is 5.97 Å². The van der Waals surface area contributed by atoms with E-state index in [9.17, 15) is 19.2 Å². The highest BCUT2D eigenvalue weighted by molar-refractivity contribution is 6.15. The van der Waals surface area contributed by atoms with Gasteiger partial charge in [-0.25, -0.2) is 0 Å². The molecule has 30 heavy (non-hydrogen) atoms. The Morgan fingerprint density at radius 2 is 1.63 bits per heavy atom. The van der Waals surface area contributed by atoms with Gasteiger partial charge in [-0.2, -0.15) is 0 Å². The molecule has 0 saturated carbocycles. The number of rotatable bonds is 12. The van der Waals surface area contributed by atoms with Crippen LogP contribution in [0.2, 0.25) is 0 Å². The Morgan fingerprint density at radius 3 is 2.33 bits per heavy atom. The van der Waals surface area contributed by atoms with E-state index in [0.717, 1.165) is 32.1 Å². The van der Waals surface area contributed by atoms with Gasteiger partial charge < -0.3 is 4.74 Å². The predicted molar refractivity (Wildman–Crippen MR) is 115 cm³/mol. The fourth-order valence-corrected chi connectivity index (χ4v) is 3.15. The highest BCUT2D eigenvalue weighted by atomic mass is 16.5. The van der Waals surface area contributed by atoms with Gasteiger partial charge in [0.1, 0.15) is 5.75 Å². The van der Waals surface area contributed by atoms with Crippen LogP contribution in [0.25, 0.3) is 0 Å².